The number of fused-ring (bicyclic) bond motifs is 1. The number of nitrogens with one attached hydrogen (secondary N) is 1. The van der Waals surface area contributed by atoms with Crippen molar-refractivity contribution in [2.24, 2.45) is 0 Å². The SMILES string of the molecule is Cc1cc(C)c2nc(Nc3cccnc3Oc3ccccc3C(C)(C)C)sc2c1C. The van der Waals surface area contributed by atoms with Crippen LogP contribution in [0.4, 0.5) is 10.8 Å². The Hall–Kier alpha value is -2.92. The lowest BCUT2D eigenvalue weighted by Gasteiger charge is -2.22. The van der Waals surface area contributed by atoms with Gasteiger partial charge in [0, 0.05) is 11.8 Å². The first-order valence-electron chi connectivity index (χ1n) is 10.1. The van der Waals surface area contributed by atoms with Crippen LogP contribution in [0.3, 0.4) is 0 Å². The van der Waals surface area contributed by atoms with Crippen molar-refractivity contribution in [1.29, 1.82) is 0 Å². The third-order valence-corrected chi connectivity index (χ3v) is 6.37. The van der Waals surface area contributed by atoms with E-state index in [0.29, 0.717) is 5.88 Å². The summed E-state index contributed by atoms with van der Waals surface area (Å²) >= 11 is 1.66. The number of aromatic nitrogens is 2. The largest absolute Gasteiger partial charge is 0.437 e. The minimum Gasteiger partial charge on any atom is -0.437 e. The molecule has 2 heterocycles. The molecule has 2 aromatic carbocycles. The lowest BCUT2D eigenvalue weighted by molar-refractivity contribution is 0.442. The second kappa shape index (κ2) is 7.73. The number of benzene rings is 2. The van der Waals surface area contributed by atoms with E-state index in [-0.39, 0.29) is 5.41 Å². The van der Waals surface area contributed by atoms with Gasteiger partial charge >= 0.3 is 0 Å². The van der Waals surface area contributed by atoms with E-state index in [0.717, 1.165) is 27.6 Å². The monoisotopic (exact) mass is 417 g/mol. The number of para-hydroxylation sites is 1. The average Bonchev–Trinajstić information content (AvgIpc) is 3.12. The van der Waals surface area contributed by atoms with Crippen molar-refractivity contribution in [1.82, 2.24) is 9.97 Å². The second-order valence-electron chi connectivity index (χ2n) is 8.66. The maximum atomic E-state index is 6.28. The van der Waals surface area contributed by atoms with Crippen molar-refractivity contribution < 1.29 is 4.74 Å². The topological polar surface area (TPSA) is 47.0 Å². The van der Waals surface area contributed by atoms with Crippen LogP contribution in [-0.2, 0) is 5.41 Å². The van der Waals surface area contributed by atoms with Gasteiger partial charge in [-0.05, 0) is 61.1 Å². The molecule has 1 N–H and O–H groups in total. The molecule has 0 aliphatic rings. The first-order valence-corrected chi connectivity index (χ1v) is 10.9. The Balaban J connectivity index is 1.70. The van der Waals surface area contributed by atoms with Gasteiger partial charge in [0.1, 0.15) is 11.4 Å². The fourth-order valence-electron chi connectivity index (χ4n) is 3.54. The number of pyridine rings is 1. The van der Waals surface area contributed by atoms with Crippen molar-refractivity contribution in [3.63, 3.8) is 0 Å². The molecule has 0 spiro atoms. The molecule has 0 aliphatic heterocycles. The van der Waals surface area contributed by atoms with Gasteiger partial charge in [0.2, 0.25) is 5.88 Å². The van der Waals surface area contributed by atoms with Gasteiger partial charge < -0.3 is 10.1 Å². The van der Waals surface area contributed by atoms with Gasteiger partial charge in [-0.2, -0.15) is 0 Å². The van der Waals surface area contributed by atoms with Crippen molar-refractivity contribution in [2.45, 2.75) is 47.0 Å². The molecular weight excluding hydrogens is 390 g/mol. The molecule has 154 valence electrons. The van der Waals surface area contributed by atoms with Crippen LogP contribution in [0.25, 0.3) is 10.2 Å². The van der Waals surface area contributed by atoms with Gasteiger partial charge in [-0.25, -0.2) is 9.97 Å². The van der Waals surface area contributed by atoms with Crippen LogP contribution in [-0.4, -0.2) is 9.97 Å². The molecule has 4 nitrogen and oxygen atoms in total. The summed E-state index contributed by atoms with van der Waals surface area (Å²) in [6.45, 7) is 13.0. The fourth-order valence-corrected chi connectivity index (χ4v) is 4.65. The molecule has 0 aliphatic carbocycles. The van der Waals surface area contributed by atoms with Crippen LogP contribution in [0.2, 0.25) is 0 Å². The first-order chi connectivity index (χ1) is 14.2. The molecule has 5 heteroatoms. The third kappa shape index (κ3) is 3.90. The molecular formula is C25H27N3OS. The summed E-state index contributed by atoms with van der Waals surface area (Å²) in [5, 5.41) is 4.27. The van der Waals surface area contributed by atoms with Gasteiger partial charge in [-0.3, -0.25) is 0 Å². The van der Waals surface area contributed by atoms with Crippen molar-refractivity contribution >= 4 is 32.4 Å². The lowest BCUT2D eigenvalue weighted by Crippen LogP contribution is -2.12. The van der Waals surface area contributed by atoms with Crippen molar-refractivity contribution in [2.75, 3.05) is 5.32 Å². The van der Waals surface area contributed by atoms with Crippen molar-refractivity contribution in [3.05, 3.63) is 70.9 Å². The molecule has 0 fully saturated rings. The molecule has 0 unspecified atom stereocenters. The Morgan fingerprint density at radius 3 is 2.50 bits per heavy atom. The summed E-state index contributed by atoms with van der Waals surface area (Å²) in [7, 11) is 0. The van der Waals surface area contributed by atoms with Gasteiger partial charge in [0.25, 0.3) is 0 Å². The van der Waals surface area contributed by atoms with Gasteiger partial charge in [0.05, 0.1) is 10.2 Å². The number of anilines is 2. The minimum atomic E-state index is -0.0289. The first kappa shape index (κ1) is 20.4. The predicted molar refractivity (Wildman–Crippen MR) is 127 cm³/mol. The minimum absolute atomic E-state index is 0.0289. The highest BCUT2D eigenvalue weighted by Gasteiger charge is 2.20. The van der Waals surface area contributed by atoms with E-state index < -0.39 is 0 Å². The number of aryl methyl sites for hydroxylation is 3. The summed E-state index contributed by atoms with van der Waals surface area (Å²) in [6, 6.07) is 14.2. The van der Waals surface area contributed by atoms with E-state index in [9.17, 15) is 0 Å². The summed E-state index contributed by atoms with van der Waals surface area (Å²) in [5.41, 5.74) is 6.73. The van der Waals surface area contributed by atoms with Crippen molar-refractivity contribution in [3.8, 4) is 11.6 Å². The highest BCUT2D eigenvalue weighted by Crippen LogP contribution is 2.38. The Morgan fingerprint density at radius 1 is 0.967 bits per heavy atom. The Kier molecular flexibility index (Phi) is 5.24. The summed E-state index contributed by atoms with van der Waals surface area (Å²) < 4.78 is 7.50. The van der Waals surface area contributed by atoms with E-state index in [1.165, 1.54) is 21.4 Å². The molecule has 0 atom stereocenters. The molecule has 4 rings (SSSR count). The molecule has 0 bridgehead atoms. The molecule has 4 aromatic rings. The van der Waals surface area contributed by atoms with Crippen LogP contribution < -0.4 is 10.1 Å². The number of thiazole rings is 1. The van der Waals surface area contributed by atoms with E-state index in [2.05, 4.69) is 64.0 Å². The summed E-state index contributed by atoms with van der Waals surface area (Å²) in [4.78, 5) is 9.33. The Labute approximate surface area is 182 Å². The van der Waals surface area contributed by atoms with E-state index in [4.69, 9.17) is 9.72 Å². The normalized spacial score (nSPS) is 11.7. The highest BCUT2D eigenvalue weighted by molar-refractivity contribution is 7.22. The number of hydrogen-bond donors (Lipinski definition) is 1. The molecule has 0 saturated heterocycles. The van der Waals surface area contributed by atoms with Gasteiger partial charge in [-0.1, -0.05) is 56.4 Å². The number of hydrogen-bond acceptors (Lipinski definition) is 5. The highest BCUT2D eigenvalue weighted by atomic mass is 32.1. The van der Waals surface area contributed by atoms with E-state index in [1.54, 1.807) is 17.5 Å². The van der Waals surface area contributed by atoms with Gasteiger partial charge in [-0.15, -0.1) is 0 Å². The predicted octanol–water partition coefficient (Wildman–Crippen LogP) is 7.45. The standard InChI is InChI=1S/C25H27N3OS/c1-15-14-16(2)21-22(17(15)3)30-24(28-21)27-19-11-9-13-26-23(19)29-20-12-8-7-10-18(20)25(4,5)6/h7-14H,1-6H3,(H,27,28). The van der Waals surface area contributed by atoms with Crippen LogP contribution in [0.1, 0.15) is 43.0 Å². The Bertz CT molecular complexity index is 1220. The van der Waals surface area contributed by atoms with Crippen LogP contribution in [0.15, 0.2) is 48.7 Å². The van der Waals surface area contributed by atoms with E-state index in [1.807, 2.05) is 30.3 Å². The second-order valence-corrected chi connectivity index (χ2v) is 9.66. The van der Waals surface area contributed by atoms with Gasteiger partial charge in [0.15, 0.2) is 5.13 Å². The summed E-state index contributed by atoms with van der Waals surface area (Å²) in [5.74, 6) is 1.36. The average molecular weight is 418 g/mol. The number of nitrogens with zero attached hydrogens (tertiary/aromatic N) is 2. The number of ether oxygens (including phenoxy) is 1. The zero-order valence-corrected chi connectivity index (χ0v) is 19.1. The fraction of sp³-hybridized carbons (Fsp3) is 0.280. The number of rotatable bonds is 4. The zero-order valence-electron chi connectivity index (χ0n) is 18.3. The zero-order chi connectivity index (χ0) is 21.5. The quantitative estimate of drug-likeness (QED) is 0.374. The third-order valence-electron chi connectivity index (χ3n) is 5.28. The Morgan fingerprint density at radius 2 is 1.73 bits per heavy atom. The smallest absolute Gasteiger partial charge is 0.243 e. The molecule has 2 aromatic heterocycles. The molecule has 0 saturated carbocycles. The van der Waals surface area contributed by atoms with E-state index >= 15 is 0 Å². The molecule has 0 radical (unpaired) electrons. The van der Waals surface area contributed by atoms with Crippen LogP contribution >= 0.6 is 11.3 Å². The lowest BCUT2D eigenvalue weighted by atomic mass is 9.86. The molecule has 0 amide bonds. The maximum absolute atomic E-state index is 6.28. The maximum Gasteiger partial charge on any atom is 0.243 e. The van der Waals surface area contributed by atoms with Crippen LogP contribution in [0, 0.1) is 20.8 Å². The molecule has 30 heavy (non-hydrogen) atoms. The summed E-state index contributed by atoms with van der Waals surface area (Å²) in [6.07, 6.45) is 1.75. The van der Waals surface area contributed by atoms with Crippen LogP contribution in [0.5, 0.6) is 11.6 Å².